The number of hydrogen-bond donors (Lipinski definition) is 3. The van der Waals surface area contributed by atoms with Gasteiger partial charge in [0.25, 0.3) is 5.91 Å². The van der Waals surface area contributed by atoms with Crippen molar-refractivity contribution >= 4 is 11.8 Å². The molecule has 0 bridgehead atoms. The molecule has 2 amide bonds. The molecule has 1 rings (SSSR count). The highest BCUT2D eigenvalue weighted by Gasteiger charge is 2.09. The van der Waals surface area contributed by atoms with Gasteiger partial charge in [0.1, 0.15) is 11.9 Å². The molecule has 3 N–H and O–H groups in total. The van der Waals surface area contributed by atoms with E-state index in [1.165, 1.54) is 25.1 Å². The van der Waals surface area contributed by atoms with Crippen LogP contribution in [0.2, 0.25) is 0 Å². The number of aryl methyl sites for hydroxylation is 1. The lowest BCUT2D eigenvalue weighted by atomic mass is 10.1. The maximum Gasteiger partial charge on any atom is 0.251 e. The summed E-state index contributed by atoms with van der Waals surface area (Å²) < 4.78 is 13.3. The minimum atomic E-state index is -1.08. The highest BCUT2D eigenvalue weighted by molar-refractivity contribution is 5.94. The average molecular weight is 268 g/mol. The van der Waals surface area contributed by atoms with Crippen LogP contribution in [0.15, 0.2) is 18.2 Å². The van der Waals surface area contributed by atoms with Crippen LogP contribution in [-0.4, -0.2) is 36.1 Å². The van der Waals surface area contributed by atoms with E-state index in [9.17, 15) is 14.0 Å². The Kier molecular flexibility index (Phi) is 5.44. The van der Waals surface area contributed by atoms with Gasteiger partial charge < -0.3 is 15.7 Å². The van der Waals surface area contributed by atoms with Crippen molar-refractivity contribution in [1.29, 1.82) is 0 Å². The van der Waals surface area contributed by atoms with Gasteiger partial charge >= 0.3 is 0 Å². The zero-order valence-corrected chi connectivity index (χ0v) is 10.9. The Hall–Kier alpha value is -1.95. The molecule has 0 fully saturated rings. The molecule has 0 saturated carbocycles. The lowest BCUT2D eigenvalue weighted by Crippen LogP contribution is -2.38. The van der Waals surface area contributed by atoms with Crippen LogP contribution in [0, 0.1) is 12.7 Å². The normalized spacial score (nSPS) is 11.8. The molecule has 1 atom stereocenters. The number of halogens is 1. The molecule has 1 unspecified atom stereocenters. The van der Waals surface area contributed by atoms with Crippen LogP contribution < -0.4 is 10.6 Å². The van der Waals surface area contributed by atoms with Gasteiger partial charge in [0, 0.05) is 18.7 Å². The fourth-order valence-corrected chi connectivity index (χ4v) is 1.35. The first-order chi connectivity index (χ1) is 8.91. The van der Waals surface area contributed by atoms with Gasteiger partial charge in [-0.2, -0.15) is 0 Å². The summed E-state index contributed by atoms with van der Waals surface area (Å²) in [5, 5.41) is 13.9. The van der Waals surface area contributed by atoms with Gasteiger partial charge in [0.15, 0.2) is 0 Å². The van der Waals surface area contributed by atoms with Crippen molar-refractivity contribution in [2.75, 3.05) is 13.1 Å². The SMILES string of the molecule is Cc1ccc(C(=O)NCCNC(=O)C(C)O)cc1F. The summed E-state index contributed by atoms with van der Waals surface area (Å²) in [6.45, 7) is 3.36. The molecule has 0 aliphatic carbocycles. The van der Waals surface area contributed by atoms with Gasteiger partial charge in [-0.05, 0) is 31.5 Å². The summed E-state index contributed by atoms with van der Waals surface area (Å²) >= 11 is 0. The number of carbonyl (C=O) groups is 2. The number of aliphatic hydroxyl groups excluding tert-OH is 1. The van der Waals surface area contributed by atoms with Gasteiger partial charge in [-0.1, -0.05) is 6.07 Å². The number of rotatable bonds is 5. The van der Waals surface area contributed by atoms with Gasteiger partial charge in [-0.3, -0.25) is 9.59 Å². The molecule has 0 aliphatic heterocycles. The van der Waals surface area contributed by atoms with Crippen molar-refractivity contribution < 1.29 is 19.1 Å². The highest BCUT2D eigenvalue weighted by Crippen LogP contribution is 2.08. The van der Waals surface area contributed by atoms with E-state index in [4.69, 9.17) is 5.11 Å². The fourth-order valence-electron chi connectivity index (χ4n) is 1.35. The van der Waals surface area contributed by atoms with Gasteiger partial charge in [0.2, 0.25) is 5.91 Å². The summed E-state index contributed by atoms with van der Waals surface area (Å²) in [7, 11) is 0. The number of hydrogen-bond acceptors (Lipinski definition) is 3. The molecule has 1 aromatic rings. The summed E-state index contributed by atoms with van der Waals surface area (Å²) in [6, 6.07) is 4.22. The Morgan fingerprint density at radius 3 is 2.53 bits per heavy atom. The standard InChI is InChI=1S/C13H17FN2O3/c1-8-3-4-10(7-11(8)14)13(19)16-6-5-15-12(18)9(2)17/h3-4,7,9,17H,5-6H2,1-2H3,(H,15,18)(H,16,19). The van der Waals surface area contributed by atoms with E-state index in [0.29, 0.717) is 5.56 Å². The molecule has 104 valence electrons. The number of amides is 2. The van der Waals surface area contributed by atoms with E-state index >= 15 is 0 Å². The zero-order chi connectivity index (χ0) is 14.4. The fraction of sp³-hybridized carbons (Fsp3) is 0.385. The second kappa shape index (κ2) is 6.84. The summed E-state index contributed by atoms with van der Waals surface area (Å²) in [6.07, 6.45) is -1.08. The number of carbonyl (C=O) groups excluding carboxylic acids is 2. The second-order valence-electron chi connectivity index (χ2n) is 4.19. The third-order valence-electron chi connectivity index (χ3n) is 2.52. The molecule has 0 saturated heterocycles. The Bertz CT molecular complexity index is 475. The van der Waals surface area contributed by atoms with Crippen LogP contribution in [0.4, 0.5) is 4.39 Å². The largest absolute Gasteiger partial charge is 0.384 e. The maximum absolute atomic E-state index is 13.3. The third-order valence-corrected chi connectivity index (χ3v) is 2.52. The Balaban J connectivity index is 2.39. The van der Waals surface area contributed by atoms with Crippen LogP contribution in [0.3, 0.4) is 0 Å². The quantitative estimate of drug-likeness (QED) is 0.675. The van der Waals surface area contributed by atoms with E-state index in [1.807, 2.05) is 0 Å². The first kappa shape index (κ1) is 15.1. The predicted molar refractivity (Wildman–Crippen MR) is 68.2 cm³/mol. The van der Waals surface area contributed by atoms with Crippen molar-refractivity contribution in [2.45, 2.75) is 20.0 Å². The molecular formula is C13H17FN2O3. The van der Waals surface area contributed by atoms with Crippen LogP contribution in [0.1, 0.15) is 22.8 Å². The van der Waals surface area contributed by atoms with E-state index in [2.05, 4.69) is 10.6 Å². The van der Waals surface area contributed by atoms with Crippen LogP contribution in [-0.2, 0) is 4.79 Å². The number of nitrogens with one attached hydrogen (secondary N) is 2. The van der Waals surface area contributed by atoms with Gasteiger partial charge in [-0.25, -0.2) is 4.39 Å². The predicted octanol–water partition coefficient (Wildman–Crippen LogP) is 0.361. The van der Waals surface area contributed by atoms with Crippen LogP contribution in [0.5, 0.6) is 0 Å². The van der Waals surface area contributed by atoms with E-state index in [1.54, 1.807) is 6.92 Å². The maximum atomic E-state index is 13.3. The minimum Gasteiger partial charge on any atom is -0.384 e. The Morgan fingerprint density at radius 2 is 1.95 bits per heavy atom. The first-order valence-corrected chi connectivity index (χ1v) is 5.92. The minimum absolute atomic E-state index is 0.198. The van der Waals surface area contributed by atoms with Gasteiger partial charge in [-0.15, -0.1) is 0 Å². The van der Waals surface area contributed by atoms with Gasteiger partial charge in [0.05, 0.1) is 0 Å². The average Bonchev–Trinajstić information content (AvgIpc) is 2.37. The van der Waals surface area contributed by atoms with Crippen molar-refractivity contribution in [3.05, 3.63) is 35.1 Å². The molecule has 0 heterocycles. The highest BCUT2D eigenvalue weighted by atomic mass is 19.1. The monoisotopic (exact) mass is 268 g/mol. The van der Waals surface area contributed by atoms with Crippen LogP contribution >= 0.6 is 0 Å². The lowest BCUT2D eigenvalue weighted by Gasteiger charge is -2.08. The van der Waals surface area contributed by atoms with E-state index < -0.39 is 23.7 Å². The van der Waals surface area contributed by atoms with Crippen molar-refractivity contribution in [3.63, 3.8) is 0 Å². The molecule has 0 aromatic heterocycles. The van der Waals surface area contributed by atoms with E-state index in [0.717, 1.165) is 0 Å². The molecular weight excluding hydrogens is 251 g/mol. The summed E-state index contributed by atoms with van der Waals surface area (Å²) in [5.41, 5.74) is 0.700. The Morgan fingerprint density at radius 1 is 1.32 bits per heavy atom. The summed E-state index contributed by atoms with van der Waals surface area (Å²) in [5.74, 6) is -1.35. The molecule has 0 aliphatic rings. The number of aliphatic hydroxyl groups is 1. The first-order valence-electron chi connectivity index (χ1n) is 5.92. The van der Waals surface area contributed by atoms with Crippen molar-refractivity contribution in [1.82, 2.24) is 10.6 Å². The lowest BCUT2D eigenvalue weighted by molar-refractivity contribution is -0.128. The van der Waals surface area contributed by atoms with Crippen LogP contribution in [0.25, 0.3) is 0 Å². The molecule has 0 spiro atoms. The molecule has 5 nitrogen and oxygen atoms in total. The van der Waals surface area contributed by atoms with Crippen molar-refractivity contribution in [2.24, 2.45) is 0 Å². The molecule has 19 heavy (non-hydrogen) atoms. The second-order valence-corrected chi connectivity index (χ2v) is 4.19. The Labute approximate surface area is 110 Å². The molecule has 6 heteroatoms. The molecule has 1 aromatic carbocycles. The number of benzene rings is 1. The van der Waals surface area contributed by atoms with E-state index in [-0.39, 0.29) is 18.7 Å². The smallest absolute Gasteiger partial charge is 0.251 e. The van der Waals surface area contributed by atoms with Crippen molar-refractivity contribution in [3.8, 4) is 0 Å². The zero-order valence-electron chi connectivity index (χ0n) is 10.9. The topological polar surface area (TPSA) is 78.4 Å². The third kappa shape index (κ3) is 4.67. The molecule has 0 radical (unpaired) electrons. The summed E-state index contributed by atoms with van der Waals surface area (Å²) in [4.78, 5) is 22.7.